The van der Waals surface area contributed by atoms with E-state index >= 15 is 0 Å². The zero-order valence-corrected chi connectivity index (χ0v) is 24.1. The Morgan fingerprint density at radius 3 is 2.29 bits per heavy atom. The number of esters is 1. The fraction of sp³-hybridized carbons (Fsp3) is 0.286. The number of carbonyl (C=O) groups excluding carboxylic acids is 1. The number of halogens is 1. The van der Waals surface area contributed by atoms with Crippen LogP contribution in [0.15, 0.2) is 97.1 Å². The molecule has 1 spiro atoms. The summed E-state index contributed by atoms with van der Waals surface area (Å²) < 4.78 is 17.3. The van der Waals surface area contributed by atoms with Crippen LogP contribution in [-0.2, 0) is 21.4 Å². The van der Waals surface area contributed by atoms with Crippen molar-refractivity contribution in [1.29, 1.82) is 0 Å². The Morgan fingerprint density at radius 1 is 0.805 bits per heavy atom. The van der Waals surface area contributed by atoms with Gasteiger partial charge in [-0.3, -0.25) is 0 Å². The Labute approximate surface area is 246 Å². The number of nitrogens with one attached hydrogen (secondary N) is 1. The first-order valence-corrected chi connectivity index (χ1v) is 14.4. The summed E-state index contributed by atoms with van der Waals surface area (Å²) >= 11 is 6.28. The van der Waals surface area contributed by atoms with Crippen LogP contribution in [0.4, 0.5) is 5.69 Å². The Balaban J connectivity index is 1.36. The fourth-order valence-corrected chi connectivity index (χ4v) is 7.13. The molecule has 6 rings (SSSR count). The molecule has 0 heterocycles. The highest BCUT2D eigenvalue weighted by atomic mass is 35.5. The largest absolute Gasteiger partial charge is 0.497 e. The minimum Gasteiger partial charge on any atom is -0.497 e. The Bertz CT molecular complexity index is 1550. The molecule has 1 unspecified atom stereocenters. The van der Waals surface area contributed by atoms with Gasteiger partial charge in [-0.25, -0.2) is 4.79 Å². The van der Waals surface area contributed by atoms with E-state index < -0.39 is 5.54 Å². The second-order valence-corrected chi connectivity index (χ2v) is 11.6. The Hall–Kier alpha value is -3.96. The fourth-order valence-electron chi connectivity index (χ4n) is 6.94. The molecule has 1 saturated carbocycles. The van der Waals surface area contributed by atoms with Crippen LogP contribution in [0.25, 0.3) is 0 Å². The third-order valence-electron chi connectivity index (χ3n) is 8.96. The predicted octanol–water partition coefficient (Wildman–Crippen LogP) is 8.32. The van der Waals surface area contributed by atoms with E-state index in [2.05, 4.69) is 35.6 Å². The molecule has 0 aromatic heterocycles. The van der Waals surface area contributed by atoms with E-state index in [1.807, 2.05) is 66.7 Å². The van der Waals surface area contributed by atoms with Crippen molar-refractivity contribution in [2.45, 2.75) is 49.0 Å². The summed E-state index contributed by atoms with van der Waals surface area (Å²) in [5.74, 6) is 2.47. The number of carbonyl (C=O) groups is 1. The number of anilines is 1. The van der Waals surface area contributed by atoms with Crippen molar-refractivity contribution in [2.75, 3.05) is 19.5 Å². The molecule has 4 aromatic carbocycles. The summed E-state index contributed by atoms with van der Waals surface area (Å²) in [6.45, 7) is 0. The molecule has 5 nitrogen and oxygen atoms in total. The third-order valence-corrected chi connectivity index (χ3v) is 9.20. The second-order valence-electron chi connectivity index (χ2n) is 11.1. The summed E-state index contributed by atoms with van der Waals surface area (Å²) in [6, 6.07) is 32.3. The summed E-state index contributed by atoms with van der Waals surface area (Å²) in [5, 5.41) is 4.15. The number of hydrogen-bond acceptors (Lipinski definition) is 5. The van der Waals surface area contributed by atoms with E-state index in [1.165, 1.54) is 23.8 Å². The maximum absolute atomic E-state index is 13.3. The molecule has 210 valence electrons. The van der Waals surface area contributed by atoms with E-state index in [4.69, 9.17) is 25.8 Å². The third kappa shape index (κ3) is 5.15. The van der Waals surface area contributed by atoms with Gasteiger partial charge in [0.1, 0.15) is 22.8 Å². The number of hydrogen-bond donors (Lipinski definition) is 1. The first kappa shape index (κ1) is 27.2. The smallest absolute Gasteiger partial charge is 0.331 e. The number of ether oxygens (including phenoxy) is 3. The van der Waals surface area contributed by atoms with Crippen molar-refractivity contribution in [1.82, 2.24) is 0 Å². The first-order chi connectivity index (χ1) is 19.9. The van der Waals surface area contributed by atoms with Gasteiger partial charge in [0.05, 0.1) is 14.2 Å². The first-order valence-electron chi connectivity index (χ1n) is 14.1. The molecule has 0 saturated heterocycles. The van der Waals surface area contributed by atoms with Gasteiger partial charge in [0.25, 0.3) is 0 Å². The minimum atomic E-state index is -0.838. The van der Waals surface area contributed by atoms with E-state index in [9.17, 15) is 4.79 Å². The minimum absolute atomic E-state index is 0.164. The van der Waals surface area contributed by atoms with Gasteiger partial charge >= 0.3 is 5.97 Å². The lowest BCUT2D eigenvalue weighted by Gasteiger charge is -2.47. The van der Waals surface area contributed by atoms with E-state index in [1.54, 1.807) is 7.11 Å². The normalized spacial score (nSPS) is 23.0. The molecule has 0 aliphatic heterocycles. The van der Waals surface area contributed by atoms with Crippen molar-refractivity contribution < 1.29 is 19.0 Å². The number of rotatable bonds is 7. The predicted molar refractivity (Wildman–Crippen MR) is 162 cm³/mol. The van der Waals surface area contributed by atoms with Crippen LogP contribution in [0, 0.1) is 0 Å². The van der Waals surface area contributed by atoms with Crippen molar-refractivity contribution >= 4 is 23.3 Å². The molecular weight excluding hydrogens is 534 g/mol. The molecule has 1 atom stereocenters. The molecule has 0 radical (unpaired) electrons. The van der Waals surface area contributed by atoms with Gasteiger partial charge in [0.15, 0.2) is 0 Å². The Morgan fingerprint density at radius 2 is 1.56 bits per heavy atom. The van der Waals surface area contributed by atoms with Crippen LogP contribution in [0.2, 0.25) is 5.02 Å². The summed E-state index contributed by atoms with van der Waals surface area (Å²) in [4.78, 5) is 13.3. The molecule has 4 aromatic rings. The van der Waals surface area contributed by atoms with Crippen LogP contribution in [-0.4, -0.2) is 25.7 Å². The van der Waals surface area contributed by atoms with E-state index in [0.717, 1.165) is 42.2 Å². The molecule has 41 heavy (non-hydrogen) atoms. The summed E-state index contributed by atoms with van der Waals surface area (Å²) in [6.07, 6.45) is 3.79. The number of benzene rings is 4. The topological polar surface area (TPSA) is 56.8 Å². The van der Waals surface area contributed by atoms with Gasteiger partial charge in [-0.05, 0) is 109 Å². The highest BCUT2D eigenvalue weighted by Crippen LogP contribution is 2.59. The Kier molecular flexibility index (Phi) is 7.39. The van der Waals surface area contributed by atoms with Crippen molar-refractivity contribution in [2.24, 2.45) is 0 Å². The van der Waals surface area contributed by atoms with Crippen molar-refractivity contribution in [3.63, 3.8) is 0 Å². The molecule has 0 amide bonds. The highest BCUT2D eigenvalue weighted by molar-refractivity contribution is 6.30. The maximum atomic E-state index is 13.3. The number of fused-ring (bicyclic) bond motifs is 2. The van der Waals surface area contributed by atoms with Gasteiger partial charge < -0.3 is 19.5 Å². The molecule has 6 heteroatoms. The van der Waals surface area contributed by atoms with Crippen molar-refractivity contribution in [3.05, 3.63) is 119 Å². The van der Waals surface area contributed by atoms with Gasteiger partial charge in [0.2, 0.25) is 0 Å². The SMILES string of the molecule is COC(=O)C1(Nc2cccc(Cl)c2)CCC2(CC1)c1cc(OC)ccc1CC2c1cccc(Oc2ccccc2)c1. The molecule has 1 N–H and O–H groups in total. The summed E-state index contributed by atoms with van der Waals surface area (Å²) in [5.41, 5.74) is 3.70. The lowest BCUT2D eigenvalue weighted by Crippen LogP contribution is -2.53. The van der Waals surface area contributed by atoms with Crippen LogP contribution in [0.1, 0.15) is 48.3 Å². The van der Waals surface area contributed by atoms with E-state index in [-0.39, 0.29) is 17.3 Å². The molecule has 0 bridgehead atoms. The van der Waals surface area contributed by atoms with Crippen LogP contribution >= 0.6 is 11.6 Å². The second kappa shape index (κ2) is 11.1. The lowest BCUT2D eigenvalue weighted by molar-refractivity contribution is -0.147. The molecule has 2 aliphatic rings. The quantitative estimate of drug-likeness (QED) is 0.228. The van der Waals surface area contributed by atoms with Gasteiger partial charge in [-0.2, -0.15) is 0 Å². The monoisotopic (exact) mass is 567 g/mol. The maximum Gasteiger partial charge on any atom is 0.331 e. The van der Waals surface area contributed by atoms with Crippen molar-refractivity contribution in [3.8, 4) is 17.2 Å². The number of methoxy groups -OCH3 is 2. The zero-order valence-electron chi connectivity index (χ0n) is 23.4. The summed E-state index contributed by atoms with van der Waals surface area (Å²) in [7, 11) is 3.17. The van der Waals surface area contributed by atoms with Gasteiger partial charge in [-0.1, -0.05) is 54.1 Å². The van der Waals surface area contributed by atoms with E-state index in [0.29, 0.717) is 17.9 Å². The highest BCUT2D eigenvalue weighted by Gasteiger charge is 2.54. The van der Waals surface area contributed by atoms with Crippen LogP contribution < -0.4 is 14.8 Å². The molecular formula is C35H34ClNO4. The van der Waals surface area contributed by atoms with Gasteiger partial charge in [0, 0.05) is 16.1 Å². The number of para-hydroxylation sites is 1. The molecule has 1 fully saturated rings. The van der Waals surface area contributed by atoms with Crippen LogP contribution in [0.3, 0.4) is 0 Å². The zero-order chi connectivity index (χ0) is 28.5. The van der Waals surface area contributed by atoms with Crippen LogP contribution in [0.5, 0.6) is 17.2 Å². The average Bonchev–Trinajstić information content (AvgIpc) is 3.31. The van der Waals surface area contributed by atoms with Gasteiger partial charge in [-0.15, -0.1) is 0 Å². The standard InChI is InChI=1S/C35H34ClNO4/c1-39-29-15-14-25-21-31(24-8-6-13-30(20-24)41-28-11-4-3-5-12-28)34(32(25)23-29)16-18-35(19-17-34,33(38)40-2)37-27-10-7-9-26(36)22-27/h3-15,20,22-23,31,37H,16-19,21H2,1-2H3. The average molecular weight is 568 g/mol. The lowest BCUT2D eigenvalue weighted by atomic mass is 9.59. The molecule has 2 aliphatic carbocycles.